The van der Waals surface area contributed by atoms with E-state index in [9.17, 15) is 4.39 Å². The summed E-state index contributed by atoms with van der Waals surface area (Å²) in [5, 5.41) is 8.80. The molecule has 0 bridgehead atoms. The Balaban J connectivity index is 0.00000243. The zero-order valence-corrected chi connectivity index (χ0v) is 18.3. The first-order valence-electron chi connectivity index (χ1n) is 8.64. The lowest BCUT2D eigenvalue weighted by atomic mass is 10.1. The first-order valence-corrected chi connectivity index (χ1v) is 9.52. The Morgan fingerprint density at radius 3 is 2.96 bits per heavy atom. The van der Waals surface area contributed by atoms with Crippen molar-refractivity contribution in [1.82, 2.24) is 15.5 Å². The van der Waals surface area contributed by atoms with Crippen LogP contribution in [0.25, 0.3) is 0 Å². The highest BCUT2D eigenvalue weighted by atomic mass is 127. The summed E-state index contributed by atoms with van der Waals surface area (Å²) < 4.78 is 13.2. The van der Waals surface area contributed by atoms with Crippen LogP contribution in [0.3, 0.4) is 0 Å². The minimum absolute atomic E-state index is 0. The third kappa shape index (κ3) is 5.65. The summed E-state index contributed by atoms with van der Waals surface area (Å²) in [6.07, 6.45) is 1.14. The van der Waals surface area contributed by atoms with Crippen LogP contribution in [0.2, 0.25) is 0 Å². The fourth-order valence-electron chi connectivity index (χ4n) is 3.07. The molecule has 1 aliphatic rings. The van der Waals surface area contributed by atoms with Crippen molar-refractivity contribution in [3.05, 3.63) is 57.5 Å². The number of halogens is 2. The summed E-state index contributed by atoms with van der Waals surface area (Å²) in [5.41, 5.74) is 2.37. The Labute approximate surface area is 175 Å². The van der Waals surface area contributed by atoms with Crippen LogP contribution in [0.1, 0.15) is 22.9 Å². The molecule has 4 nitrogen and oxygen atoms in total. The SMILES string of the molecule is CN=C(NCc1cccc(F)c1)NCC(C)N1CCc2sccc2C1.I. The van der Waals surface area contributed by atoms with Gasteiger partial charge >= 0.3 is 0 Å². The number of thiophene rings is 1. The molecule has 3 rings (SSSR count). The minimum atomic E-state index is -0.214. The van der Waals surface area contributed by atoms with Gasteiger partial charge in [-0.1, -0.05) is 12.1 Å². The zero-order chi connectivity index (χ0) is 17.6. The van der Waals surface area contributed by atoms with Crippen molar-refractivity contribution in [3.8, 4) is 0 Å². The largest absolute Gasteiger partial charge is 0.355 e. The maximum atomic E-state index is 13.2. The average Bonchev–Trinajstić information content (AvgIpc) is 3.09. The molecular weight excluding hydrogens is 462 g/mol. The van der Waals surface area contributed by atoms with Gasteiger partial charge in [-0.25, -0.2) is 4.39 Å². The predicted octanol–water partition coefficient (Wildman–Crippen LogP) is 3.62. The number of benzene rings is 1. The Morgan fingerprint density at radius 2 is 2.19 bits per heavy atom. The van der Waals surface area contributed by atoms with E-state index in [1.54, 1.807) is 13.1 Å². The molecule has 2 N–H and O–H groups in total. The second kappa shape index (κ2) is 10.2. The van der Waals surface area contributed by atoms with Crippen molar-refractivity contribution < 1.29 is 4.39 Å². The van der Waals surface area contributed by atoms with Gasteiger partial charge in [-0.3, -0.25) is 9.89 Å². The molecule has 2 aromatic rings. The molecule has 0 fully saturated rings. The van der Waals surface area contributed by atoms with E-state index in [0.717, 1.165) is 37.6 Å². The fraction of sp³-hybridized carbons (Fsp3) is 0.421. The highest BCUT2D eigenvalue weighted by Crippen LogP contribution is 2.24. The molecule has 0 saturated heterocycles. The van der Waals surface area contributed by atoms with Gasteiger partial charge in [0, 0.05) is 44.1 Å². The van der Waals surface area contributed by atoms with E-state index < -0.39 is 0 Å². The van der Waals surface area contributed by atoms with Crippen molar-refractivity contribution in [1.29, 1.82) is 0 Å². The predicted molar refractivity (Wildman–Crippen MR) is 118 cm³/mol. The highest BCUT2D eigenvalue weighted by Gasteiger charge is 2.21. The number of nitrogens with zero attached hydrogens (tertiary/aromatic N) is 2. The second-order valence-electron chi connectivity index (χ2n) is 6.38. The number of guanidine groups is 1. The van der Waals surface area contributed by atoms with Crippen LogP contribution in [0.4, 0.5) is 4.39 Å². The van der Waals surface area contributed by atoms with Crippen LogP contribution >= 0.6 is 35.3 Å². The topological polar surface area (TPSA) is 39.7 Å². The van der Waals surface area contributed by atoms with Gasteiger partial charge in [0.2, 0.25) is 0 Å². The summed E-state index contributed by atoms with van der Waals surface area (Å²) in [5.74, 6) is 0.526. The van der Waals surface area contributed by atoms with E-state index >= 15 is 0 Å². The van der Waals surface area contributed by atoms with Crippen LogP contribution in [0, 0.1) is 5.82 Å². The summed E-state index contributed by atoms with van der Waals surface area (Å²) in [7, 11) is 1.75. The molecule has 1 aromatic heterocycles. The molecule has 26 heavy (non-hydrogen) atoms. The molecule has 1 atom stereocenters. The Hall–Kier alpha value is -1.19. The summed E-state index contributed by atoms with van der Waals surface area (Å²) in [4.78, 5) is 8.29. The van der Waals surface area contributed by atoms with Crippen LogP contribution < -0.4 is 10.6 Å². The molecule has 1 aliphatic heterocycles. The van der Waals surface area contributed by atoms with E-state index in [1.165, 1.54) is 22.6 Å². The lowest BCUT2D eigenvalue weighted by molar-refractivity contribution is 0.192. The van der Waals surface area contributed by atoms with E-state index in [2.05, 4.69) is 38.9 Å². The Morgan fingerprint density at radius 1 is 1.35 bits per heavy atom. The Kier molecular flexibility index (Phi) is 8.30. The van der Waals surface area contributed by atoms with Gasteiger partial charge < -0.3 is 10.6 Å². The molecule has 0 aliphatic carbocycles. The smallest absolute Gasteiger partial charge is 0.191 e. The first-order chi connectivity index (χ1) is 12.2. The fourth-order valence-corrected chi connectivity index (χ4v) is 3.96. The van der Waals surface area contributed by atoms with Crippen molar-refractivity contribution in [3.63, 3.8) is 0 Å². The van der Waals surface area contributed by atoms with Gasteiger partial charge in [-0.2, -0.15) is 0 Å². The van der Waals surface area contributed by atoms with Gasteiger partial charge in [0.05, 0.1) is 0 Å². The second-order valence-corrected chi connectivity index (χ2v) is 7.38. The molecule has 142 valence electrons. The summed E-state index contributed by atoms with van der Waals surface area (Å²) >= 11 is 1.87. The quantitative estimate of drug-likeness (QED) is 0.384. The molecule has 0 amide bonds. The average molecular weight is 488 g/mol. The van der Waals surface area contributed by atoms with Gasteiger partial charge in [-0.15, -0.1) is 35.3 Å². The van der Waals surface area contributed by atoms with Crippen LogP contribution in [-0.4, -0.2) is 37.0 Å². The molecule has 1 aromatic carbocycles. The monoisotopic (exact) mass is 488 g/mol. The zero-order valence-electron chi connectivity index (χ0n) is 15.2. The number of fused-ring (bicyclic) bond motifs is 1. The van der Waals surface area contributed by atoms with Crippen LogP contribution in [0.15, 0.2) is 40.7 Å². The van der Waals surface area contributed by atoms with Gasteiger partial charge in [0.15, 0.2) is 5.96 Å². The number of hydrogen-bond acceptors (Lipinski definition) is 3. The minimum Gasteiger partial charge on any atom is -0.355 e. The summed E-state index contributed by atoms with van der Waals surface area (Å²) in [6.45, 7) is 5.74. The number of aliphatic imine (C=N–C) groups is 1. The van der Waals surface area contributed by atoms with Gasteiger partial charge in [0.25, 0.3) is 0 Å². The lowest BCUT2D eigenvalue weighted by Gasteiger charge is -2.32. The summed E-state index contributed by atoms with van der Waals surface area (Å²) in [6, 6.07) is 9.27. The molecule has 1 unspecified atom stereocenters. The number of rotatable bonds is 5. The molecule has 0 spiro atoms. The van der Waals surface area contributed by atoms with Gasteiger partial charge in [-0.05, 0) is 48.1 Å². The first kappa shape index (κ1) is 21.1. The maximum absolute atomic E-state index is 13.2. The van der Waals surface area contributed by atoms with E-state index in [-0.39, 0.29) is 29.8 Å². The maximum Gasteiger partial charge on any atom is 0.191 e. The van der Waals surface area contributed by atoms with Crippen molar-refractivity contribution in [2.75, 3.05) is 20.1 Å². The number of nitrogens with one attached hydrogen (secondary N) is 2. The molecule has 0 saturated carbocycles. The number of hydrogen-bond donors (Lipinski definition) is 2. The third-order valence-corrected chi connectivity index (χ3v) is 5.62. The molecular formula is C19H26FIN4S. The Bertz CT molecular complexity index is 734. The van der Waals surface area contributed by atoms with E-state index in [0.29, 0.717) is 12.6 Å². The van der Waals surface area contributed by atoms with Crippen LogP contribution in [0.5, 0.6) is 0 Å². The standard InChI is InChI=1S/C19H25FN4S.HI/c1-14(24-8-6-18-16(13-24)7-9-25-18)11-22-19(21-2)23-12-15-4-3-5-17(20)10-15;/h3-5,7,9-10,14H,6,8,11-13H2,1-2H3,(H2,21,22,23);1H. The van der Waals surface area contributed by atoms with Crippen LogP contribution in [-0.2, 0) is 19.5 Å². The highest BCUT2D eigenvalue weighted by molar-refractivity contribution is 14.0. The lowest BCUT2D eigenvalue weighted by Crippen LogP contribution is -2.47. The third-order valence-electron chi connectivity index (χ3n) is 4.60. The molecule has 2 heterocycles. The van der Waals surface area contributed by atoms with Crippen molar-refractivity contribution in [2.45, 2.75) is 32.5 Å². The molecule has 0 radical (unpaired) electrons. The normalized spacial score (nSPS) is 15.7. The van der Waals surface area contributed by atoms with Crippen molar-refractivity contribution in [2.24, 2.45) is 4.99 Å². The van der Waals surface area contributed by atoms with E-state index in [1.807, 2.05) is 17.4 Å². The van der Waals surface area contributed by atoms with Crippen molar-refractivity contribution >= 4 is 41.3 Å². The molecule has 7 heteroatoms. The van der Waals surface area contributed by atoms with E-state index in [4.69, 9.17) is 0 Å². The van der Waals surface area contributed by atoms with Gasteiger partial charge in [0.1, 0.15) is 5.82 Å².